The van der Waals surface area contributed by atoms with Gasteiger partial charge < -0.3 is 0 Å². The van der Waals surface area contributed by atoms with Crippen LogP contribution < -0.4 is 0 Å². The van der Waals surface area contributed by atoms with Crippen LogP contribution in [0.5, 0.6) is 0 Å². The Morgan fingerprint density at radius 2 is 1.69 bits per heavy atom. The zero-order chi connectivity index (χ0) is 11.0. The van der Waals surface area contributed by atoms with Crippen LogP contribution in [-0.2, 0) is 4.79 Å². The van der Waals surface area contributed by atoms with Gasteiger partial charge >= 0.3 is 0 Å². The van der Waals surface area contributed by atoms with Crippen LogP contribution in [0.3, 0.4) is 0 Å². The van der Waals surface area contributed by atoms with Gasteiger partial charge in [-0.05, 0) is 19.4 Å². The molecule has 0 saturated heterocycles. The van der Waals surface area contributed by atoms with Gasteiger partial charge in [-0.2, -0.15) is 0 Å². The molecule has 0 aromatic carbocycles. The Bertz CT molecular complexity index is 220. The number of ketones is 1. The standard InChI is InChI=1S/C9H11FO.C2H6/c1-5-6(2)9(7(3)10)8(4)11;1-2/h5H,1,3H2,2,4H3;1-2H3/b9-6+;. The third-order valence-electron chi connectivity index (χ3n) is 1.32. The Balaban J connectivity index is 0. The van der Waals surface area contributed by atoms with E-state index in [0.29, 0.717) is 5.57 Å². The first-order valence-electron chi connectivity index (χ1n) is 4.19. The fourth-order valence-electron chi connectivity index (χ4n) is 0.785. The average Bonchev–Trinajstić information content (AvgIpc) is 2.06. The summed E-state index contributed by atoms with van der Waals surface area (Å²) in [5.41, 5.74) is 0.546. The fourth-order valence-corrected chi connectivity index (χ4v) is 0.785. The average molecular weight is 184 g/mol. The van der Waals surface area contributed by atoms with Crippen LogP contribution in [0.4, 0.5) is 4.39 Å². The maximum atomic E-state index is 12.5. The Labute approximate surface area is 79.7 Å². The van der Waals surface area contributed by atoms with Crippen molar-refractivity contribution in [1.82, 2.24) is 0 Å². The van der Waals surface area contributed by atoms with Crippen molar-refractivity contribution >= 4 is 5.78 Å². The van der Waals surface area contributed by atoms with Gasteiger partial charge in [0.1, 0.15) is 5.83 Å². The lowest BCUT2D eigenvalue weighted by Crippen LogP contribution is -1.98. The van der Waals surface area contributed by atoms with E-state index in [4.69, 9.17) is 0 Å². The van der Waals surface area contributed by atoms with E-state index in [2.05, 4.69) is 13.2 Å². The van der Waals surface area contributed by atoms with E-state index in [1.54, 1.807) is 6.92 Å². The second kappa shape index (κ2) is 7.47. The SMILES string of the molecule is C=C/C(C)=C(\C(=C)F)C(C)=O.CC. The van der Waals surface area contributed by atoms with Crippen LogP contribution in [0.2, 0.25) is 0 Å². The molecule has 2 heteroatoms. The monoisotopic (exact) mass is 184 g/mol. The van der Waals surface area contributed by atoms with Crippen LogP contribution in [0.25, 0.3) is 0 Å². The maximum Gasteiger partial charge on any atom is 0.162 e. The van der Waals surface area contributed by atoms with Crippen molar-refractivity contribution in [1.29, 1.82) is 0 Å². The Morgan fingerprint density at radius 1 is 1.31 bits per heavy atom. The van der Waals surface area contributed by atoms with Gasteiger partial charge in [0.25, 0.3) is 0 Å². The normalized spacial score (nSPS) is 10.5. The number of hydrogen-bond donors (Lipinski definition) is 0. The molecule has 0 amide bonds. The number of Topliss-reactive ketones (excluding diaryl/α,β-unsaturated/α-hetero) is 1. The van der Waals surface area contributed by atoms with Gasteiger partial charge in [-0.1, -0.05) is 33.1 Å². The molecule has 0 aliphatic carbocycles. The minimum atomic E-state index is -0.699. The highest BCUT2D eigenvalue weighted by molar-refractivity contribution is 5.98. The molecule has 0 heterocycles. The molecule has 0 spiro atoms. The highest BCUT2D eigenvalue weighted by Gasteiger charge is 2.09. The molecule has 0 fully saturated rings. The summed E-state index contributed by atoms with van der Waals surface area (Å²) < 4.78 is 12.5. The van der Waals surface area contributed by atoms with Crippen molar-refractivity contribution < 1.29 is 9.18 Å². The molecule has 0 unspecified atom stereocenters. The molecule has 0 aromatic rings. The highest BCUT2D eigenvalue weighted by Crippen LogP contribution is 2.15. The zero-order valence-corrected chi connectivity index (χ0v) is 8.78. The van der Waals surface area contributed by atoms with Crippen LogP contribution in [-0.4, -0.2) is 5.78 Å². The van der Waals surface area contributed by atoms with Gasteiger partial charge in [0, 0.05) is 0 Å². The Kier molecular flexibility index (Phi) is 8.24. The quantitative estimate of drug-likeness (QED) is 0.484. The summed E-state index contributed by atoms with van der Waals surface area (Å²) in [6.45, 7) is 13.4. The van der Waals surface area contributed by atoms with Crippen LogP contribution >= 0.6 is 0 Å². The summed E-state index contributed by atoms with van der Waals surface area (Å²) in [4.78, 5) is 10.8. The minimum Gasteiger partial charge on any atom is -0.294 e. The van der Waals surface area contributed by atoms with E-state index in [9.17, 15) is 9.18 Å². The Morgan fingerprint density at radius 3 is 1.77 bits per heavy atom. The van der Waals surface area contributed by atoms with Crippen molar-refractivity contribution in [3.05, 3.63) is 36.2 Å². The zero-order valence-electron chi connectivity index (χ0n) is 8.78. The van der Waals surface area contributed by atoms with Crippen molar-refractivity contribution in [3.8, 4) is 0 Å². The number of carbonyl (C=O) groups excluding carboxylic acids is 1. The molecule has 0 rings (SSSR count). The third-order valence-corrected chi connectivity index (χ3v) is 1.32. The molecule has 0 aromatic heterocycles. The second-order valence-corrected chi connectivity index (χ2v) is 2.22. The van der Waals surface area contributed by atoms with Gasteiger partial charge in [0.15, 0.2) is 5.78 Å². The molecule has 0 aliphatic heterocycles. The van der Waals surface area contributed by atoms with Gasteiger partial charge in [-0.3, -0.25) is 4.79 Å². The minimum absolute atomic E-state index is 0.0278. The summed E-state index contributed by atoms with van der Waals surface area (Å²) >= 11 is 0. The number of allylic oxidation sites excluding steroid dienone is 4. The largest absolute Gasteiger partial charge is 0.294 e. The molecule has 0 bridgehead atoms. The molecule has 0 aliphatic rings. The maximum absolute atomic E-state index is 12.5. The smallest absolute Gasteiger partial charge is 0.162 e. The molecule has 13 heavy (non-hydrogen) atoms. The first kappa shape index (κ1) is 14.3. The fraction of sp³-hybridized carbons (Fsp3) is 0.364. The summed E-state index contributed by atoms with van der Waals surface area (Å²) in [5.74, 6) is -1.02. The second-order valence-electron chi connectivity index (χ2n) is 2.22. The first-order valence-corrected chi connectivity index (χ1v) is 4.19. The molecular formula is C11H17FO. The summed E-state index contributed by atoms with van der Waals surface area (Å²) in [6.07, 6.45) is 1.43. The van der Waals surface area contributed by atoms with E-state index >= 15 is 0 Å². The van der Waals surface area contributed by atoms with Gasteiger partial charge in [0.2, 0.25) is 0 Å². The number of carbonyl (C=O) groups is 1. The first-order chi connectivity index (χ1) is 6.00. The predicted molar refractivity (Wildman–Crippen MR) is 55.2 cm³/mol. The lowest BCUT2D eigenvalue weighted by Gasteiger charge is -2.00. The van der Waals surface area contributed by atoms with E-state index in [1.165, 1.54) is 13.0 Å². The van der Waals surface area contributed by atoms with Gasteiger partial charge in [-0.15, -0.1) is 0 Å². The third kappa shape index (κ3) is 5.12. The van der Waals surface area contributed by atoms with Gasteiger partial charge in [-0.25, -0.2) is 4.39 Å². The Hall–Kier alpha value is -1.18. The summed E-state index contributed by atoms with van der Waals surface area (Å²) in [5, 5.41) is 0. The van der Waals surface area contributed by atoms with E-state index < -0.39 is 5.83 Å². The van der Waals surface area contributed by atoms with Crippen LogP contribution in [0.15, 0.2) is 36.2 Å². The van der Waals surface area contributed by atoms with Crippen molar-refractivity contribution in [2.75, 3.05) is 0 Å². The predicted octanol–water partition coefficient (Wildman–Crippen LogP) is 3.59. The van der Waals surface area contributed by atoms with Crippen LogP contribution in [0, 0.1) is 0 Å². The molecule has 0 saturated carbocycles. The van der Waals surface area contributed by atoms with Gasteiger partial charge in [0.05, 0.1) is 5.57 Å². The van der Waals surface area contributed by atoms with Crippen molar-refractivity contribution in [3.63, 3.8) is 0 Å². The molecule has 0 atom stereocenters. The topological polar surface area (TPSA) is 17.1 Å². The molecule has 0 N–H and O–H groups in total. The summed E-state index contributed by atoms with van der Waals surface area (Å²) in [7, 11) is 0. The van der Waals surface area contributed by atoms with Crippen molar-refractivity contribution in [2.45, 2.75) is 27.7 Å². The number of rotatable bonds is 3. The van der Waals surface area contributed by atoms with Crippen LogP contribution in [0.1, 0.15) is 27.7 Å². The lowest BCUT2D eigenvalue weighted by molar-refractivity contribution is -0.113. The molecule has 74 valence electrons. The highest BCUT2D eigenvalue weighted by atomic mass is 19.1. The van der Waals surface area contributed by atoms with E-state index in [1.807, 2.05) is 13.8 Å². The number of halogens is 1. The van der Waals surface area contributed by atoms with Crippen molar-refractivity contribution in [2.24, 2.45) is 0 Å². The summed E-state index contributed by atoms with van der Waals surface area (Å²) in [6, 6.07) is 0. The van der Waals surface area contributed by atoms with E-state index in [-0.39, 0.29) is 11.4 Å². The molecular weight excluding hydrogens is 167 g/mol. The number of hydrogen-bond acceptors (Lipinski definition) is 1. The molecule has 1 nitrogen and oxygen atoms in total. The lowest BCUT2D eigenvalue weighted by atomic mass is 10.1. The van der Waals surface area contributed by atoms with E-state index in [0.717, 1.165) is 0 Å². The molecule has 0 radical (unpaired) electrons.